The maximum absolute atomic E-state index is 12.4. The highest BCUT2D eigenvalue weighted by Crippen LogP contribution is 2.32. The lowest BCUT2D eigenvalue weighted by Crippen LogP contribution is -2.63. The zero-order valence-corrected chi connectivity index (χ0v) is 13.9. The molecule has 0 saturated carbocycles. The number of hydrogen-bond donors (Lipinski definition) is 1. The van der Waals surface area contributed by atoms with Gasteiger partial charge in [0.1, 0.15) is 0 Å². The molecule has 0 aromatic heterocycles. The van der Waals surface area contributed by atoms with E-state index in [1.165, 1.54) is 0 Å². The van der Waals surface area contributed by atoms with Gasteiger partial charge in [0, 0.05) is 37.2 Å². The number of likely N-dealkylation sites (N-methyl/N-ethyl adjacent to an activating group) is 1. The summed E-state index contributed by atoms with van der Waals surface area (Å²) >= 11 is 3.50. The Labute approximate surface area is 129 Å². The molecule has 1 saturated heterocycles. The summed E-state index contributed by atoms with van der Waals surface area (Å²) in [5, 5.41) is 0. The van der Waals surface area contributed by atoms with Crippen LogP contribution in [0.4, 0.5) is 0 Å². The summed E-state index contributed by atoms with van der Waals surface area (Å²) in [6, 6.07) is 8.21. The number of carbonyl (C=O) groups excluding carboxylic acids is 1. The van der Waals surface area contributed by atoms with E-state index in [0.717, 1.165) is 23.1 Å². The summed E-state index contributed by atoms with van der Waals surface area (Å²) in [5.74, 6) is 0.150. The molecule has 1 aromatic rings. The van der Waals surface area contributed by atoms with Crippen molar-refractivity contribution in [2.45, 2.75) is 25.4 Å². The molecule has 1 aliphatic rings. The number of amides is 1. The van der Waals surface area contributed by atoms with Crippen molar-refractivity contribution in [3.63, 3.8) is 0 Å². The van der Waals surface area contributed by atoms with Gasteiger partial charge < -0.3 is 10.6 Å². The van der Waals surface area contributed by atoms with Crippen molar-refractivity contribution in [3.8, 4) is 0 Å². The molecule has 1 aliphatic heterocycles. The van der Waals surface area contributed by atoms with Crippen LogP contribution in [-0.2, 0) is 4.79 Å². The highest BCUT2D eigenvalue weighted by Gasteiger charge is 2.43. The third-order valence-corrected chi connectivity index (χ3v) is 4.59. The van der Waals surface area contributed by atoms with Crippen molar-refractivity contribution < 1.29 is 4.79 Å². The van der Waals surface area contributed by atoms with Crippen LogP contribution >= 0.6 is 15.9 Å². The monoisotopic (exact) mass is 339 g/mol. The predicted molar refractivity (Wildman–Crippen MR) is 84.4 cm³/mol. The molecule has 0 spiro atoms. The lowest BCUT2D eigenvalue weighted by Gasteiger charge is -2.48. The lowest BCUT2D eigenvalue weighted by atomic mass is 9.92. The van der Waals surface area contributed by atoms with Crippen molar-refractivity contribution in [2.75, 3.05) is 26.7 Å². The van der Waals surface area contributed by atoms with E-state index in [1.54, 1.807) is 4.90 Å². The van der Waals surface area contributed by atoms with Gasteiger partial charge in [-0.05, 0) is 31.5 Å². The summed E-state index contributed by atoms with van der Waals surface area (Å²) in [6.07, 6.45) is 0. The van der Waals surface area contributed by atoms with Crippen molar-refractivity contribution in [3.05, 3.63) is 34.3 Å². The molecular formula is C15H22BrN3O. The molecule has 5 heteroatoms. The number of halogens is 1. The maximum Gasteiger partial charge on any atom is 0.242 e. The fourth-order valence-electron chi connectivity index (χ4n) is 2.93. The van der Waals surface area contributed by atoms with Crippen LogP contribution in [0.25, 0.3) is 0 Å². The van der Waals surface area contributed by atoms with Gasteiger partial charge in [0.05, 0.1) is 5.54 Å². The van der Waals surface area contributed by atoms with E-state index >= 15 is 0 Å². The van der Waals surface area contributed by atoms with Gasteiger partial charge in [-0.3, -0.25) is 9.69 Å². The lowest BCUT2D eigenvalue weighted by molar-refractivity contribution is -0.149. The smallest absolute Gasteiger partial charge is 0.242 e. The summed E-state index contributed by atoms with van der Waals surface area (Å²) < 4.78 is 1.03. The van der Waals surface area contributed by atoms with Crippen LogP contribution in [0.5, 0.6) is 0 Å². The van der Waals surface area contributed by atoms with Gasteiger partial charge in [0.2, 0.25) is 5.91 Å². The number of carbonyl (C=O) groups is 1. The number of nitrogens with two attached hydrogens (primary N) is 1. The quantitative estimate of drug-likeness (QED) is 0.916. The van der Waals surface area contributed by atoms with Crippen LogP contribution in [0.1, 0.15) is 25.5 Å². The van der Waals surface area contributed by atoms with Crippen LogP contribution in [0.3, 0.4) is 0 Å². The van der Waals surface area contributed by atoms with Crippen LogP contribution in [0.2, 0.25) is 0 Å². The Morgan fingerprint density at radius 3 is 2.70 bits per heavy atom. The third kappa shape index (κ3) is 2.75. The van der Waals surface area contributed by atoms with Crippen molar-refractivity contribution in [1.29, 1.82) is 0 Å². The van der Waals surface area contributed by atoms with Crippen LogP contribution in [0.15, 0.2) is 28.7 Å². The second-order valence-electron chi connectivity index (χ2n) is 5.79. The summed E-state index contributed by atoms with van der Waals surface area (Å²) in [4.78, 5) is 16.4. The maximum atomic E-state index is 12.4. The van der Waals surface area contributed by atoms with E-state index in [-0.39, 0.29) is 11.9 Å². The van der Waals surface area contributed by atoms with Crippen LogP contribution < -0.4 is 5.73 Å². The molecule has 2 N–H and O–H groups in total. The van der Waals surface area contributed by atoms with Gasteiger partial charge in [0.25, 0.3) is 0 Å². The molecular weight excluding hydrogens is 318 g/mol. The van der Waals surface area contributed by atoms with Gasteiger partial charge in [-0.1, -0.05) is 28.1 Å². The van der Waals surface area contributed by atoms with Crippen LogP contribution in [0, 0.1) is 0 Å². The Hall–Kier alpha value is -0.910. The van der Waals surface area contributed by atoms with E-state index in [2.05, 4.69) is 33.0 Å². The molecule has 1 unspecified atom stereocenters. The minimum atomic E-state index is -0.528. The Morgan fingerprint density at radius 2 is 2.10 bits per heavy atom. The normalized spacial score (nSPS) is 21.1. The number of nitrogens with zero attached hydrogens (tertiary/aromatic N) is 2. The Balaban J connectivity index is 2.34. The number of rotatable bonds is 3. The molecule has 0 radical (unpaired) electrons. The standard InChI is InChI=1S/C15H22BrN3O/c1-15(2)14(20)18(3)7-8-19(15)13(10-17)11-5-4-6-12(16)9-11/h4-6,9,13H,7-8,10,17H2,1-3H3. The second-order valence-corrected chi connectivity index (χ2v) is 6.70. The molecule has 110 valence electrons. The first-order chi connectivity index (χ1) is 9.37. The van der Waals surface area contributed by atoms with E-state index in [0.29, 0.717) is 6.54 Å². The highest BCUT2D eigenvalue weighted by atomic mass is 79.9. The molecule has 1 atom stereocenters. The molecule has 0 bridgehead atoms. The second kappa shape index (κ2) is 5.84. The molecule has 20 heavy (non-hydrogen) atoms. The summed E-state index contributed by atoms with van der Waals surface area (Å²) in [5.41, 5.74) is 6.62. The SMILES string of the molecule is CN1CCN(C(CN)c2cccc(Br)c2)C(C)(C)C1=O. The minimum Gasteiger partial charge on any atom is -0.343 e. The summed E-state index contributed by atoms with van der Waals surface area (Å²) in [7, 11) is 1.86. The van der Waals surface area contributed by atoms with Gasteiger partial charge in [0.15, 0.2) is 0 Å². The third-order valence-electron chi connectivity index (χ3n) is 4.10. The Morgan fingerprint density at radius 1 is 1.40 bits per heavy atom. The number of benzene rings is 1. The largest absolute Gasteiger partial charge is 0.343 e. The van der Waals surface area contributed by atoms with E-state index in [9.17, 15) is 4.79 Å². The fourth-order valence-corrected chi connectivity index (χ4v) is 3.35. The highest BCUT2D eigenvalue weighted by molar-refractivity contribution is 9.10. The fraction of sp³-hybridized carbons (Fsp3) is 0.533. The van der Waals surface area contributed by atoms with Crippen molar-refractivity contribution >= 4 is 21.8 Å². The Kier molecular flexibility index (Phi) is 4.52. The van der Waals surface area contributed by atoms with Gasteiger partial charge in [-0.2, -0.15) is 0 Å². The van der Waals surface area contributed by atoms with Gasteiger partial charge in [-0.15, -0.1) is 0 Å². The zero-order valence-electron chi connectivity index (χ0n) is 12.3. The molecule has 0 aliphatic carbocycles. The van der Waals surface area contributed by atoms with Crippen molar-refractivity contribution in [1.82, 2.24) is 9.80 Å². The minimum absolute atomic E-state index is 0.0557. The molecule has 1 fully saturated rings. The first-order valence-electron chi connectivity index (χ1n) is 6.85. The van der Waals surface area contributed by atoms with E-state index < -0.39 is 5.54 Å². The topological polar surface area (TPSA) is 49.6 Å². The van der Waals surface area contributed by atoms with E-state index in [4.69, 9.17) is 5.73 Å². The molecule has 4 nitrogen and oxygen atoms in total. The number of hydrogen-bond acceptors (Lipinski definition) is 3. The first kappa shape index (κ1) is 15.5. The van der Waals surface area contributed by atoms with Crippen LogP contribution in [-0.4, -0.2) is 47.9 Å². The first-order valence-corrected chi connectivity index (χ1v) is 7.65. The van der Waals surface area contributed by atoms with E-state index in [1.807, 2.05) is 33.0 Å². The molecule has 1 aromatic carbocycles. The van der Waals surface area contributed by atoms with Gasteiger partial charge >= 0.3 is 0 Å². The summed E-state index contributed by atoms with van der Waals surface area (Å²) in [6.45, 7) is 6.03. The average Bonchev–Trinajstić information content (AvgIpc) is 2.40. The number of piperazine rings is 1. The van der Waals surface area contributed by atoms with Crippen molar-refractivity contribution in [2.24, 2.45) is 5.73 Å². The van der Waals surface area contributed by atoms with Gasteiger partial charge in [-0.25, -0.2) is 0 Å². The zero-order chi connectivity index (χ0) is 14.9. The predicted octanol–water partition coefficient (Wildman–Crippen LogP) is 2.00. The molecule has 1 heterocycles. The Bertz CT molecular complexity index is 504. The molecule has 2 rings (SSSR count). The average molecular weight is 340 g/mol. The molecule has 1 amide bonds.